The van der Waals surface area contributed by atoms with E-state index in [1.165, 1.54) is 12.3 Å². The maximum absolute atomic E-state index is 13.6. The highest BCUT2D eigenvalue weighted by Gasteiger charge is 2.11. The summed E-state index contributed by atoms with van der Waals surface area (Å²) in [5.74, 6) is -0.102. The summed E-state index contributed by atoms with van der Waals surface area (Å²) in [6, 6.07) is 3.28. The lowest BCUT2D eigenvalue weighted by molar-refractivity contribution is 0.615. The molecule has 0 spiro atoms. The quantitative estimate of drug-likeness (QED) is 0.830. The average Bonchev–Trinajstić information content (AvgIpc) is 2.63. The molecule has 0 aliphatic heterocycles. The molecule has 2 rings (SSSR count). The topological polar surface area (TPSA) is 16.1 Å². The minimum Gasteiger partial charge on any atom is -0.352 e. The van der Waals surface area contributed by atoms with Crippen molar-refractivity contribution in [2.24, 2.45) is 0 Å². The van der Waals surface area contributed by atoms with Gasteiger partial charge in [0.25, 0.3) is 0 Å². The van der Waals surface area contributed by atoms with Crippen LogP contribution in [0.4, 0.5) is 10.2 Å². The summed E-state index contributed by atoms with van der Waals surface area (Å²) in [6.07, 6.45) is 1.45. The van der Waals surface area contributed by atoms with Gasteiger partial charge >= 0.3 is 0 Å². The second-order valence-corrected chi connectivity index (χ2v) is 5.89. The highest BCUT2D eigenvalue weighted by atomic mass is 79.9. The van der Waals surface area contributed by atoms with Crippen molar-refractivity contribution < 1.29 is 4.39 Å². The molecule has 0 radical (unpaired) electrons. The fourth-order valence-corrected chi connectivity index (χ4v) is 3.08. The van der Waals surface area contributed by atoms with Crippen molar-refractivity contribution in [3.05, 3.63) is 43.9 Å². The molecule has 0 saturated heterocycles. The van der Waals surface area contributed by atoms with E-state index in [1.54, 1.807) is 23.3 Å². The van der Waals surface area contributed by atoms with E-state index in [0.717, 1.165) is 9.35 Å². The molecule has 0 saturated carbocycles. The summed E-state index contributed by atoms with van der Waals surface area (Å²) in [7, 11) is 1.80. The molecule has 0 fully saturated rings. The summed E-state index contributed by atoms with van der Waals surface area (Å²) >= 11 is 10.7. The molecular weight excluding hydrogens is 327 g/mol. The van der Waals surface area contributed by atoms with E-state index < -0.39 is 5.82 Å². The number of nitrogens with zero attached hydrogens (tertiary/aromatic N) is 2. The maximum atomic E-state index is 13.6. The minimum absolute atomic E-state index is 0.304. The van der Waals surface area contributed by atoms with Crippen molar-refractivity contribution in [3.8, 4) is 0 Å². The van der Waals surface area contributed by atoms with Crippen LogP contribution in [0.5, 0.6) is 0 Å². The molecule has 0 bridgehead atoms. The molecule has 0 unspecified atom stereocenters. The van der Waals surface area contributed by atoms with Crippen LogP contribution in [0.3, 0.4) is 0 Å². The van der Waals surface area contributed by atoms with Crippen molar-refractivity contribution in [1.29, 1.82) is 0 Å². The van der Waals surface area contributed by atoms with Gasteiger partial charge in [-0.05, 0) is 28.1 Å². The summed E-state index contributed by atoms with van der Waals surface area (Å²) in [4.78, 5) is 6.88. The van der Waals surface area contributed by atoms with Gasteiger partial charge < -0.3 is 4.90 Å². The molecule has 90 valence electrons. The zero-order chi connectivity index (χ0) is 12.4. The molecule has 0 N–H and O–H groups in total. The molecule has 6 heteroatoms. The van der Waals surface area contributed by atoms with Crippen molar-refractivity contribution in [2.45, 2.75) is 6.54 Å². The van der Waals surface area contributed by atoms with E-state index in [0.29, 0.717) is 17.4 Å². The van der Waals surface area contributed by atoms with Gasteiger partial charge in [0.1, 0.15) is 0 Å². The van der Waals surface area contributed by atoms with Gasteiger partial charge in [-0.25, -0.2) is 9.37 Å². The molecule has 0 aliphatic rings. The highest BCUT2D eigenvalue weighted by Crippen LogP contribution is 2.24. The predicted octanol–water partition coefficient (Wildman–Crippen LogP) is 4.33. The first-order valence-corrected chi connectivity index (χ1v) is 6.86. The number of halogens is 3. The zero-order valence-electron chi connectivity index (χ0n) is 8.95. The third-order valence-corrected chi connectivity index (χ3v) is 4.05. The second-order valence-electron chi connectivity index (χ2n) is 3.55. The number of thiophene rings is 1. The summed E-state index contributed by atoms with van der Waals surface area (Å²) in [5, 5.41) is 2.30. The number of aromatic nitrogens is 1. The van der Waals surface area contributed by atoms with Gasteiger partial charge in [0.15, 0.2) is 11.6 Å². The SMILES string of the molecule is CN(Cc1cc(Br)cs1)c1ncc(Cl)cc1F. The van der Waals surface area contributed by atoms with Crippen LogP contribution in [0, 0.1) is 5.82 Å². The van der Waals surface area contributed by atoms with Gasteiger partial charge in [-0.1, -0.05) is 11.6 Å². The predicted molar refractivity (Wildman–Crippen MR) is 73.3 cm³/mol. The average molecular weight is 336 g/mol. The molecule has 0 aliphatic carbocycles. The Balaban J connectivity index is 2.17. The largest absolute Gasteiger partial charge is 0.352 e. The van der Waals surface area contributed by atoms with Gasteiger partial charge in [-0.2, -0.15) is 0 Å². The number of pyridine rings is 1. The van der Waals surface area contributed by atoms with Gasteiger partial charge in [-0.15, -0.1) is 11.3 Å². The summed E-state index contributed by atoms with van der Waals surface area (Å²) in [6.45, 7) is 0.613. The summed E-state index contributed by atoms with van der Waals surface area (Å²) in [5.41, 5.74) is 0. The fourth-order valence-electron chi connectivity index (χ4n) is 1.43. The van der Waals surface area contributed by atoms with Crippen molar-refractivity contribution >= 4 is 44.7 Å². The normalized spacial score (nSPS) is 10.6. The number of anilines is 1. The van der Waals surface area contributed by atoms with Crippen LogP contribution in [0.1, 0.15) is 4.88 Å². The van der Waals surface area contributed by atoms with Crippen molar-refractivity contribution in [3.63, 3.8) is 0 Å². The van der Waals surface area contributed by atoms with E-state index in [1.807, 2.05) is 11.4 Å². The summed E-state index contributed by atoms with van der Waals surface area (Å²) < 4.78 is 14.7. The van der Waals surface area contributed by atoms with Gasteiger partial charge in [-0.3, -0.25) is 0 Å². The third-order valence-electron chi connectivity index (χ3n) is 2.16. The van der Waals surface area contributed by atoms with E-state index in [-0.39, 0.29) is 0 Å². The van der Waals surface area contributed by atoms with Crippen LogP contribution < -0.4 is 4.90 Å². The van der Waals surface area contributed by atoms with Crippen LogP contribution in [0.2, 0.25) is 5.02 Å². The molecular formula is C11H9BrClFN2S. The second kappa shape index (κ2) is 5.33. The Morgan fingerprint density at radius 2 is 2.29 bits per heavy atom. The van der Waals surface area contributed by atoms with Crippen LogP contribution in [0.15, 0.2) is 28.2 Å². The van der Waals surface area contributed by atoms with Crippen molar-refractivity contribution in [2.75, 3.05) is 11.9 Å². The minimum atomic E-state index is -0.407. The molecule has 17 heavy (non-hydrogen) atoms. The van der Waals surface area contributed by atoms with Gasteiger partial charge in [0.2, 0.25) is 0 Å². The lowest BCUT2D eigenvalue weighted by Gasteiger charge is -2.17. The van der Waals surface area contributed by atoms with Crippen LogP contribution in [-0.2, 0) is 6.54 Å². The Hall–Kier alpha value is -0.650. The van der Waals surface area contributed by atoms with Crippen LogP contribution >= 0.6 is 38.9 Å². The Morgan fingerprint density at radius 1 is 1.53 bits per heavy atom. The highest BCUT2D eigenvalue weighted by molar-refractivity contribution is 9.10. The van der Waals surface area contributed by atoms with Crippen LogP contribution in [0.25, 0.3) is 0 Å². The third kappa shape index (κ3) is 3.18. The number of hydrogen-bond acceptors (Lipinski definition) is 3. The lowest BCUT2D eigenvalue weighted by Crippen LogP contribution is -2.18. The number of hydrogen-bond donors (Lipinski definition) is 0. The maximum Gasteiger partial charge on any atom is 0.167 e. The standard InChI is InChI=1S/C11H9BrClFN2S/c1-16(5-9-2-7(12)6-17-9)11-10(14)3-8(13)4-15-11/h2-4,6H,5H2,1H3. The monoisotopic (exact) mass is 334 g/mol. The Bertz CT molecular complexity index is 532. The fraction of sp³-hybridized carbons (Fsp3) is 0.182. The molecule has 0 atom stereocenters. The van der Waals surface area contributed by atoms with Gasteiger partial charge in [0, 0.05) is 28.0 Å². The molecule has 2 nitrogen and oxygen atoms in total. The van der Waals surface area contributed by atoms with E-state index in [2.05, 4.69) is 20.9 Å². The first-order valence-electron chi connectivity index (χ1n) is 4.81. The lowest BCUT2D eigenvalue weighted by atomic mass is 10.4. The Morgan fingerprint density at radius 3 is 2.88 bits per heavy atom. The number of rotatable bonds is 3. The Labute approximate surface area is 116 Å². The molecule has 2 aromatic heterocycles. The first-order chi connectivity index (χ1) is 8.06. The van der Waals surface area contributed by atoms with Gasteiger partial charge in [0.05, 0.1) is 11.6 Å². The Kier molecular flexibility index (Phi) is 4.01. The molecule has 0 amide bonds. The van der Waals surface area contributed by atoms with E-state index in [9.17, 15) is 4.39 Å². The van der Waals surface area contributed by atoms with E-state index in [4.69, 9.17) is 11.6 Å². The smallest absolute Gasteiger partial charge is 0.167 e. The zero-order valence-corrected chi connectivity index (χ0v) is 12.1. The van der Waals surface area contributed by atoms with E-state index >= 15 is 0 Å². The molecule has 0 aromatic carbocycles. The van der Waals surface area contributed by atoms with Crippen molar-refractivity contribution in [1.82, 2.24) is 4.98 Å². The molecule has 2 heterocycles. The first kappa shape index (κ1) is 12.8. The van der Waals surface area contributed by atoms with Crippen LogP contribution in [-0.4, -0.2) is 12.0 Å². The molecule has 2 aromatic rings.